The first-order chi connectivity index (χ1) is 32.2. The molecular weight excluding hydrogens is 869 g/mol. The normalized spacial score (nSPS) is 12.3. The van der Waals surface area contributed by atoms with Crippen molar-refractivity contribution in [2.75, 3.05) is 0 Å². The first-order valence-corrected chi connectivity index (χ1v) is 25.9. The van der Waals surface area contributed by atoms with Crippen LogP contribution in [-0.2, 0) is 0 Å². The molecule has 14 rings (SSSR count). The predicted octanol–water partition coefficient (Wildman–Crippen LogP) is 13.0. The van der Waals surface area contributed by atoms with Crippen molar-refractivity contribution in [1.82, 2.24) is 19.9 Å². The van der Waals surface area contributed by atoms with Crippen LogP contribution < -0.4 is 21.0 Å². The van der Waals surface area contributed by atoms with Crippen molar-refractivity contribution in [1.29, 1.82) is 0 Å². The molecule has 0 aliphatic carbocycles. The lowest BCUT2D eigenvalue weighted by molar-refractivity contribution is 0.667. The van der Waals surface area contributed by atoms with E-state index in [1.807, 2.05) is 59.6 Å². The third-order valence-electron chi connectivity index (χ3n) is 13.0. The lowest BCUT2D eigenvalue weighted by atomic mass is 10.1. The molecule has 0 amide bonds. The van der Waals surface area contributed by atoms with E-state index < -0.39 is 8.07 Å². The van der Waals surface area contributed by atoms with Crippen molar-refractivity contribution >= 4 is 146 Å². The van der Waals surface area contributed by atoms with E-state index >= 15 is 0 Å². The summed E-state index contributed by atoms with van der Waals surface area (Å²) in [6, 6.07) is 61.3. The van der Waals surface area contributed by atoms with Crippen LogP contribution in [0.15, 0.2) is 199 Å². The maximum Gasteiger partial charge on any atom is 0.227 e. The van der Waals surface area contributed by atoms with Gasteiger partial charge in [-0.05, 0) is 71.0 Å². The van der Waals surface area contributed by atoms with Crippen LogP contribution in [-0.4, -0.2) is 28.0 Å². The summed E-state index contributed by atoms with van der Waals surface area (Å²) in [6.07, 6.45) is 7.93. The topological polar surface area (TPSA) is 64.7 Å². The van der Waals surface area contributed by atoms with Gasteiger partial charge in [-0.25, -0.2) is 0 Å². The second-order valence-electron chi connectivity index (χ2n) is 16.5. The molecule has 14 aromatic rings. The van der Waals surface area contributed by atoms with Gasteiger partial charge in [-0.15, -0.1) is 34.0 Å². The Bertz CT molecular complexity index is 3940. The van der Waals surface area contributed by atoms with Gasteiger partial charge in [0.1, 0.15) is 5.58 Å². The number of benzene rings is 6. The SMILES string of the molecule is c1ccc([Si](c2ccccc2)(c2nccc3c2sc2ccc(-c4cc5c(cn4)oc4ccccc45)cc23)c2nccc3c2sc2ccc(-c4cc5c(cn4)sc4ccccc45)cc23)cc1. The van der Waals surface area contributed by atoms with E-state index in [1.54, 1.807) is 11.3 Å². The maximum absolute atomic E-state index is 6.13. The van der Waals surface area contributed by atoms with Gasteiger partial charge in [0.2, 0.25) is 8.07 Å². The minimum Gasteiger partial charge on any atom is -0.454 e. The van der Waals surface area contributed by atoms with E-state index in [9.17, 15) is 0 Å². The Morgan fingerprint density at radius 2 is 0.877 bits per heavy atom. The number of rotatable bonds is 6. The zero-order valence-corrected chi connectivity index (χ0v) is 37.8. The van der Waals surface area contributed by atoms with E-state index in [1.165, 1.54) is 70.9 Å². The number of para-hydroxylation sites is 1. The predicted molar refractivity (Wildman–Crippen MR) is 278 cm³/mol. The summed E-state index contributed by atoms with van der Waals surface area (Å²) in [5, 5.41) is 14.2. The molecule has 8 heterocycles. The van der Waals surface area contributed by atoms with Crippen molar-refractivity contribution in [3.63, 3.8) is 0 Å². The van der Waals surface area contributed by atoms with Crippen molar-refractivity contribution in [2.45, 2.75) is 0 Å². The highest BCUT2D eigenvalue weighted by molar-refractivity contribution is 7.33. The largest absolute Gasteiger partial charge is 0.454 e. The highest BCUT2D eigenvalue weighted by Crippen LogP contribution is 2.41. The first kappa shape index (κ1) is 37.0. The molecule has 0 unspecified atom stereocenters. The molecule has 6 aromatic carbocycles. The molecule has 5 nitrogen and oxygen atoms in total. The van der Waals surface area contributed by atoms with Crippen LogP contribution in [0.25, 0.3) is 105 Å². The minimum atomic E-state index is -3.24. The van der Waals surface area contributed by atoms with Crippen molar-refractivity contribution in [3.05, 3.63) is 195 Å². The Kier molecular flexibility index (Phi) is 8.15. The van der Waals surface area contributed by atoms with Gasteiger partial charge >= 0.3 is 0 Å². The number of furan rings is 1. The molecule has 0 radical (unpaired) electrons. The fraction of sp³-hybridized carbons (Fsp3) is 0. The number of aromatic nitrogens is 4. The summed E-state index contributed by atoms with van der Waals surface area (Å²) < 4.78 is 13.4. The van der Waals surface area contributed by atoms with Crippen LogP contribution in [0.3, 0.4) is 0 Å². The standard InChI is InChI=1S/C56H32N4OS3Si/c1-3-11-35(12-4-1)65(36-13-5-2-6-14-36,55-53-39(23-25-57-55)42-27-33(19-21-50(42)63-53)45-29-41-37-15-7-9-17-47(37)61-48(41)31-59-45)56-54-40(24-26-58-56)43-28-34(20-22-51(43)64-54)46-30-44-38-16-8-10-18-49(38)62-52(44)32-60-46/h1-32H. The fourth-order valence-electron chi connectivity index (χ4n) is 10.0. The average Bonchev–Trinajstić information content (AvgIpc) is 4.15. The maximum atomic E-state index is 6.13. The Hall–Kier alpha value is -7.40. The van der Waals surface area contributed by atoms with Crippen molar-refractivity contribution < 1.29 is 4.42 Å². The smallest absolute Gasteiger partial charge is 0.227 e. The summed E-state index contributed by atoms with van der Waals surface area (Å²) in [5.74, 6) is 0. The van der Waals surface area contributed by atoms with Gasteiger partial charge in [0.05, 0.1) is 42.3 Å². The molecule has 0 saturated carbocycles. The van der Waals surface area contributed by atoms with Crippen molar-refractivity contribution in [3.8, 4) is 22.5 Å². The monoisotopic (exact) mass is 900 g/mol. The Morgan fingerprint density at radius 1 is 0.354 bits per heavy atom. The summed E-state index contributed by atoms with van der Waals surface area (Å²) in [4.78, 5) is 20.9. The summed E-state index contributed by atoms with van der Waals surface area (Å²) in [7, 11) is -3.24. The molecule has 0 aliphatic heterocycles. The molecule has 0 fully saturated rings. The molecule has 8 aromatic heterocycles. The molecule has 65 heavy (non-hydrogen) atoms. The van der Waals surface area contributed by atoms with Crippen molar-refractivity contribution in [2.24, 2.45) is 0 Å². The molecule has 304 valence electrons. The number of hydrogen-bond acceptors (Lipinski definition) is 8. The van der Waals surface area contributed by atoms with E-state index in [-0.39, 0.29) is 0 Å². The first-order valence-electron chi connectivity index (χ1n) is 21.5. The van der Waals surface area contributed by atoms with Gasteiger partial charge in [0.25, 0.3) is 0 Å². The number of pyridine rings is 4. The van der Waals surface area contributed by atoms with Crippen LogP contribution >= 0.6 is 34.0 Å². The van der Waals surface area contributed by atoms with Gasteiger partial charge in [-0.1, -0.05) is 109 Å². The van der Waals surface area contributed by atoms with E-state index in [0.717, 1.165) is 55.1 Å². The summed E-state index contributed by atoms with van der Waals surface area (Å²) in [6.45, 7) is 0. The minimum absolute atomic E-state index is 0.792. The van der Waals surface area contributed by atoms with Crippen LogP contribution in [0.1, 0.15) is 0 Å². The molecule has 0 saturated heterocycles. The van der Waals surface area contributed by atoms with E-state index in [0.29, 0.717) is 0 Å². The van der Waals surface area contributed by atoms with Gasteiger partial charge in [0, 0.05) is 86.9 Å². The number of nitrogens with zero attached hydrogens (tertiary/aromatic N) is 4. The van der Waals surface area contributed by atoms with Crippen LogP contribution in [0.2, 0.25) is 0 Å². The van der Waals surface area contributed by atoms with Gasteiger partial charge in [0.15, 0.2) is 5.58 Å². The Labute approximate surface area is 384 Å². The number of hydrogen-bond donors (Lipinski definition) is 0. The Balaban J connectivity index is 0.993. The molecular formula is C56H32N4OS3Si. The lowest BCUT2D eigenvalue weighted by Crippen LogP contribution is -2.76. The van der Waals surface area contributed by atoms with Gasteiger partial charge in [-0.2, -0.15) is 0 Å². The molecule has 0 aliphatic rings. The van der Waals surface area contributed by atoms with E-state index in [4.69, 9.17) is 24.4 Å². The molecule has 0 atom stereocenters. The molecule has 0 N–H and O–H groups in total. The highest BCUT2D eigenvalue weighted by Gasteiger charge is 2.47. The van der Waals surface area contributed by atoms with Crippen LogP contribution in [0, 0.1) is 0 Å². The zero-order chi connectivity index (χ0) is 42.6. The Morgan fingerprint density at radius 3 is 1.52 bits per heavy atom. The fourth-order valence-corrected chi connectivity index (χ4v) is 19.0. The zero-order valence-electron chi connectivity index (χ0n) is 34.4. The molecule has 0 spiro atoms. The highest BCUT2D eigenvalue weighted by atomic mass is 32.1. The van der Waals surface area contributed by atoms with Crippen LogP contribution in [0.4, 0.5) is 0 Å². The second kappa shape index (κ2) is 14.3. The average molecular weight is 901 g/mol. The summed E-state index contributed by atoms with van der Waals surface area (Å²) in [5.41, 5.74) is 5.72. The van der Waals surface area contributed by atoms with E-state index in [2.05, 4.69) is 158 Å². The number of fused-ring (bicyclic) bond motifs is 12. The van der Waals surface area contributed by atoms with Gasteiger partial charge < -0.3 is 4.42 Å². The van der Waals surface area contributed by atoms with Gasteiger partial charge in [-0.3, -0.25) is 19.9 Å². The second-order valence-corrected chi connectivity index (χ2v) is 23.3. The lowest BCUT2D eigenvalue weighted by Gasteiger charge is -2.32. The number of thiophene rings is 3. The molecule has 9 heteroatoms. The summed E-state index contributed by atoms with van der Waals surface area (Å²) >= 11 is 5.46. The quantitative estimate of drug-likeness (QED) is 0.156. The molecule has 0 bridgehead atoms. The third kappa shape index (κ3) is 5.53. The third-order valence-corrected chi connectivity index (χ3v) is 21.5. The van der Waals surface area contributed by atoms with Crippen LogP contribution in [0.5, 0.6) is 0 Å².